The van der Waals surface area contributed by atoms with E-state index in [4.69, 9.17) is 11.5 Å². The molecule has 0 radical (unpaired) electrons. The van der Waals surface area contributed by atoms with Crippen molar-refractivity contribution in [2.24, 2.45) is 5.41 Å². The van der Waals surface area contributed by atoms with Gasteiger partial charge in [-0.3, -0.25) is 4.79 Å². The lowest BCUT2D eigenvalue weighted by molar-refractivity contribution is 0.253. The van der Waals surface area contributed by atoms with E-state index in [0.717, 1.165) is 25.8 Å². The highest BCUT2D eigenvalue weighted by Crippen LogP contribution is 2.48. The molecule has 1 aromatic heterocycles. The molecule has 6 heteroatoms. The van der Waals surface area contributed by atoms with Crippen LogP contribution in [0.5, 0.6) is 0 Å². The first kappa shape index (κ1) is 14.1. The molecule has 0 spiro atoms. The van der Waals surface area contributed by atoms with Gasteiger partial charge in [0.25, 0.3) is 5.56 Å². The highest BCUT2D eigenvalue weighted by molar-refractivity contribution is 9.10. The van der Waals surface area contributed by atoms with E-state index in [0.29, 0.717) is 10.2 Å². The maximum absolute atomic E-state index is 11.9. The number of nitrogens with one attached hydrogen (secondary N) is 1. The van der Waals surface area contributed by atoms with Crippen molar-refractivity contribution in [1.29, 1.82) is 0 Å². The van der Waals surface area contributed by atoms with Crippen molar-refractivity contribution in [3.8, 4) is 12.3 Å². The average molecular weight is 326 g/mol. The van der Waals surface area contributed by atoms with E-state index >= 15 is 0 Å². The maximum Gasteiger partial charge on any atom is 0.284 e. The van der Waals surface area contributed by atoms with E-state index in [2.05, 4.69) is 32.3 Å². The summed E-state index contributed by atoms with van der Waals surface area (Å²) >= 11 is 3.27. The van der Waals surface area contributed by atoms with Crippen molar-refractivity contribution >= 4 is 21.6 Å². The molecule has 0 atom stereocenters. The maximum atomic E-state index is 11.9. The summed E-state index contributed by atoms with van der Waals surface area (Å²) in [6.45, 7) is 1.10. The molecule has 1 aliphatic rings. The van der Waals surface area contributed by atoms with Crippen LogP contribution in [0.1, 0.15) is 19.3 Å². The van der Waals surface area contributed by atoms with E-state index in [1.165, 1.54) is 4.68 Å². The third-order valence-electron chi connectivity index (χ3n) is 3.48. The summed E-state index contributed by atoms with van der Waals surface area (Å²) < 4.78 is 1.67. The summed E-state index contributed by atoms with van der Waals surface area (Å²) in [6, 6.07) is 0. The van der Waals surface area contributed by atoms with Gasteiger partial charge in [-0.15, -0.1) is 6.42 Å². The van der Waals surface area contributed by atoms with Crippen molar-refractivity contribution in [2.45, 2.75) is 25.8 Å². The topological polar surface area (TPSA) is 67.2 Å². The highest BCUT2D eigenvalue weighted by atomic mass is 79.9. The molecule has 0 saturated heterocycles. The smallest absolute Gasteiger partial charge is 0.284 e. The molecule has 0 aliphatic heterocycles. The van der Waals surface area contributed by atoms with E-state index < -0.39 is 0 Å². The molecule has 1 aliphatic carbocycles. The average Bonchev–Trinajstić information content (AvgIpc) is 3.15. The normalized spacial score (nSPS) is 15.8. The van der Waals surface area contributed by atoms with Crippen LogP contribution in [0.25, 0.3) is 0 Å². The number of aliphatic hydroxyl groups excluding tert-OH is 1. The fourth-order valence-electron chi connectivity index (χ4n) is 2.00. The van der Waals surface area contributed by atoms with Crippen molar-refractivity contribution in [3.63, 3.8) is 0 Å². The second-order valence-electron chi connectivity index (χ2n) is 4.87. The SMILES string of the molecule is C#CCn1ncc(NCC2(CCO)CC2)c(Br)c1=O. The fraction of sp³-hybridized carbons (Fsp3) is 0.538. The number of rotatable bonds is 6. The van der Waals surface area contributed by atoms with Crippen LogP contribution < -0.4 is 10.9 Å². The summed E-state index contributed by atoms with van der Waals surface area (Å²) in [5.41, 5.74) is 0.611. The van der Waals surface area contributed by atoms with Gasteiger partial charge in [-0.05, 0) is 40.6 Å². The molecule has 1 aromatic rings. The Bertz CT molecular complexity index is 558. The van der Waals surface area contributed by atoms with Crippen LogP contribution in [0, 0.1) is 17.8 Å². The van der Waals surface area contributed by atoms with Gasteiger partial charge in [-0.1, -0.05) is 5.92 Å². The molecule has 19 heavy (non-hydrogen) atoms. The van der Waals surface area contributed by atoms with Crippen LogP contribution in [0.3, 0.4) is 0 Å². The quantitative estimate of drug-likeness (QED) is 0.771. The molecule has 2 N–H and O–H groups in total. The first-order chi connectivity index (χ1) is 9.12. The predicted octanol–water partition coefficient (Wildman–Crippen LogP) is 1.21. The van der Waals surface area contributed by atoms with Crippen LogP contribution in [0.15, 0.2) is 15.5 Å². The lowest BCUT2D eigenvalue weighted by Crippen LogP contribution is -2.25. The number of nitrogens with zero attached hydrogens (tertiary/aromatic N) is 2. The molecule has 102 valence electrons. The molecule has 5 nitrogen and oxygen atoms in total. The minimum Gasteiger partial charge on any atom is -0.396 e. The van der Waals surface area contributed by atoms with E-state index in [1.807, 2.05) is 0 Å². The van der Waals surface area contributed by atoms with Gasteiger partial charge < -0.3 is 10.4 Å². The zero-order valence-corrected chi connectivity index (χ0v) is 12.1. The molecular weight excluding hydrogens is 310 g/mol. The number of hydrogen-bond acceptors (Lipinski definition) is 4. The Balaban J connectivity index is 2.08. The monoisotopic (exact) mass is 325 g/mol. The Morgan fingerprint density at radius 2 is 2.37 bits per heavy atom. The van der Waals surface area contributed by atoms with Gasteiger partial charge in [0.05, 0.1) is 11.9 Å². The number of aromatic nitrogens is 2. The second kappa shape index (κ2) is 5.76. The summed E-state index contributed by atoms with van der Waals surface area (Å²) in [7, 11) is 0. The standard InChI is InChI=1S/C13H16BrN3O2/c1-2-6-17-12(19)11(14)10(8-16-17)15-9-13(3-4-13)5-7-18/h1,8,15,18H,3-7,9H2. The summed E-state index contributed by atoms with van der Waals surface area (Å²) in [5, 5.41) is 16.3. The Morgan fingerprint density at radius 3 is 2.95 bits per heavy atom. The largest absolute Gasteiger partial charge is 0.396 e. The fourth-order valence-corrected chi connectivity index (χ4v) is 2.45. The number of terminal acetylenes is 1. The Morgan fingerprint density at radius 1 is 1.63 bits per heavy atom. The zero-order chi connectivity index (χ0) is 13.9. The van der Waals surface area contributed by atoms with Crippen LogP contribution >= 0.6 is 15.9 Å². The van der Waals surface area contributed by atoms with Crippen LogP contribution in [0.2, 0.25) is 0 Å². The molecule has 0 unspecified atom stereocenters. The number of hydrogen-bond donors (Lipinski definition) is 2. The Labute approximate surface area is 120 Å². The molecule has 1 fully saturated rings. The second-order valence-corrected chi connectivity index (χ2v) is 5.66. The molecule has 1 saturated carbocycles. The lowest BCUT2D eigenvalue weighted by Gasteiger charge is -2.16. The van der Waals surface area contributed by atoms with Gasteiger partial charge in [0, 0.05) is 13.2 Å². The number of aliphatic hydroxyl groups is 1. The number of halogens is 1. The highest BCUT2D eigenvalue weighted by Gasteiger charge is 2.41. The summed E-state index contributed by atoms with van der Waals surface area (Å²) in [4.78, 5) is 11.9. The van der Waals surface area contributed by atoms with Crippen molar-refractivity contribution in [1.82, 2.24) is 9.78 Å². The molecule has 1 heterocycles. The summed E-state index contributed by atoms with van der Waals surface area (Å²) in [6.07, 6.45) is 9.78. The van der Waals surface area contributed by atoms with Gasteiger partial charge in [0.1, 0.15) is 11.0 Å². The zero-order valence-electron chi connectivity index (χ0n) is 10.5. The Kier molecular flexibility index (Phi) is 4.27. The van der Waals surface area contributed by atoms with Crippen LogP contribution in [-0.4, -0.2) is 28.0 Å². The molecule has 0 amide bonds. The predicted molar refractivity (Wildman–Crippen MR) is 76.9 cm³/mol. The van der Waals surface area contributed by atoms with Crippen LogP contribution in [0.4, 0.5) is 5.69 Å². The van der Waals surface area contributed by atoms with E-state index in [-0.39, 0.29) is 24.1 Å². The van der Waals surface area contributed by atoms with Crippen molar-refractivity contribution < 1.29 is 5.11 Å². The molecule has 0 bridgehead atoms. The first-order valence-corrected chi connectivity index (χ1v) is 6.95. The minimum atomic E-state index is -0.241. The Hall–Kier alpha value is -1.32. The van der Waals surface area contributed by atoms with Crippen LogP contribution in [-0.2, 0) is 6.54 Å². The van der Waals surface area contributed by atoms with Crippen molar-refractivity contribution in [2.75, 3.05) is 18.5 Å². The van der Waals surface area contributed by atoms with Gasteiger partial charge in [-0.25, -0.2) is 4.68 Å². The van der Waals surface area contributed by atoms with Gasteiger partial charge in [0.15, 0.2) is 0 Å². The third-order valence-corrected chi connectivity index (χ3v) is 4.25. The summed E-state index contributed by atoms with van der Waals surface area (Å²) in [5.74, 6) is 2.39. The van der Waals surface area contributed by atoms with E-state index in [9.17, 15) is 4.79 Å². The number of anilines is 1. The molecular formula is C13H16BrN3O2. The van der Waals surface area contributed by atoms with Gasteiger partial charge >= 0.3 is 0 Å². The van der Waals surface area contributed by atoms with Gasteiger partial charge in [0.2, 0.25) is 0 Å². The lowest BCUT2D eigenvalue weighted by atomic mass is 10.0. The first-order valence-electron chi connectivity index (χ1n) is 6.16. The molecule has 2 rings (SSSR count). The van der Waals surface area contributed by atoms with E-state index in [1.54, 1.807) is 6.20 Å². The van der Waals surface area contributed by atoms with Crippen molar-refractivity contribution in [3.05, 3.63) is 21.0 Å². The molecule has 0 aromatic carbocycles. The van der Waals surface area contributed by atoms with Gasteiger partial charge in [-0.2, -0.15) is 5.10 Å². The third kappa shape index (κ3) is 3.17. The minimum absolute atomic E-state index is 0.159.